The third-order valence-corrected chi connectivity index (χ3v) is 5.31. The lowest BCUT2D eigenvalue weighted by Gasteiger charge is -2.58. The second kappa shape index (κ2) is 5.78. The smallest absolute Gasteiger partial charge is 0.413 e. The van der Waals surface area contributed by atoms with Gasteiger partial charge in [-0.1, -0.05) is 0 Å². The number of nitrogens with one attached hydrogen (secondary N) is 1. The van der Waals surface area contributed by atoms with Gasteiger partial charge < -0.3 is 14.6 Å². The largest absolute Gasteiger partial charge is 0.455 e. The van der Waals surface area contributed by atoms with Crippen LogP contribution in [0.3, 0.4) is 0 Å². The standard InChI is InChI=1S/C16H23NO6/c1-2-22-14(20)17-12(18)8-23-13(19)15-4-10-3-11(5-15)7-16(21,6-10)9-15/h10-11,21H,2-9H2,1H3,(H,17,18,20)/t10-,11-,15?,16?/m0/s1. The maximum Gasteiger partial charge on any atom is 0.413 e. The molecule has 0 unspecified atom stereocenters. The van der Waals surface area contributed by atoms with Crippen LogP contribution < -0.4 is 5.32 Å². The molecule has 0 aliphatic heterocycles. The molecule has 4 saturated carbocycles. The predicted octanol–water partition coefficient (Wildman–Crippen LogP) is 1.13. The van der Waals surface area contributed by atoms with Gasteiger partial charge in [-0.05, 0) is 57.3 Å². The van der Waals surface area contributed by atoms with Crippen LogP contribution in [0.25, 0.3) is 0 Å². The van der Waals surface area contributed by atoms with Crippen molar-refractivity contribution in [2.24, 2.45) is 17.3 Å². The number of aliphatic hydroxyl groups is 1. The molecule has 0 saturated heterocycles. The first-order chi connectivity index (χ1) is 10.8. The minimum atomic E-state index is -0.849. The fourth-order valence-electron chi connectivity index (χ4n) is 5.05. The highest BCUT2D eigenvalue weighted by Gasteiger charge is 2.60. The van der Waals surface area contributed by atoms with Crippen LogP contribution in [0.2, 0.25) is 0 Å². The van der Waals surface area contributed by atoms with Crippen LogP contribution >= 0.6 is 0 Å². The first-order valence-corrected chi connectivity index (χ1v) is 8.20. The van der Waals surface area contributed by atoms with Gasteiger partial charge in [-0.2, -0.15) is 0 Å². The van der Waals surface area contributed by atoms with Crippen LogP contribution in [-0.2, 0) is 19.1 Å². The van der Waals surface area contributed by atoms with Gasteiger partial charge in [-0.25, -0.2) is 4.79 Å². The quantitative estimate of drug-likeness (QED) is 0.751. The topological polar surface area (TPSA) is 102 Å². The summed E-state index contributed by atoms with van der Waals surface area (Å²) in [5.41, 5.74) is -1.42. The lowest BCUT2D eigenvalue weighted by Crippen LogP contribution is -2.58. The molecule has 0 radical (unpaired) electrons. The van der Waals surface area contributed by atoms with Gasteiger partial charge in [0.2, 0.25) is 0 Å². The number of carbonyl (C=O) groups is 3. The maximum atomic E-state index is 12.5. The number of rotatable bonds is 4. The Kier molecular flexibility index (Phi) is 4.08. The van der Waals surface area contributed by atoms with Crippen molar-refractivity contribution in [3.05, 3.63) is 0 Å². The van der Waals surface area contributed by atoms with Gasteiger partial charge in [0.15, 0.2) is 6.61 Å². The Morgan fingerprint density at radius 2 is 1.78 bits per heavy atom. The molecule has 0 aromatic rings. The molecule has 7 heteroatoms. The van der Waals surface area contributed by atoms with E-state index in [1.54, 1.807) is 6.92 Å². The molecule has 4 bridgehead atoms. The van der Waals surface area contributed by atoms with E-state index in [0.717, 1.165) is 32.1 Å². The normalized spacial score (nSPS) is 37.3. The molecule has 128 valence electrons. The Labute approximate surface area is 134 Å². The number of amides is 2. The van der Waals surface area contributed by atoms with E-state index in [2.05, 4.69) is 4.74 Å². The fraction of sp³-hybridized carbons (Fsp3) is 0.812. The minimum Gasteiger partial charge on any atom is -0.455 e. The van der Waals surface area contributed by atoms with Crippen molar-refractivity contribution in [3.8, 4) is 0 Å². The van der Waals surface area contributed by atoms with E-state index in [1.165, 1.54) is 0 Å². The number of esters is 1. The zero-order valence-corrected chi connectivity index (χ0v) is 13.3. The molecule has 4 rings (SSSR count). The summed E-state index contributed by atoms with van der Waals surface area (Å²) in [6.07, 6.45) is 3.63. The average molecular weight is 325 g/mol. The van der Waals surface area contributed by atoms with E-state index < -0.39 is 35.6 Å². The zero-order chi connectivity index (χ0) is 16.7. The summed E-state index contributed by atoms with van der Waals surface area (Å²) in [6, 6.07) is 0. The SMILES string of the molecule is CCOC(=O)NC(=O)COC(=O)C12C[C@@H]3C[C@H](CC(O)(C3)C1)C2. The molecule has 0 aromatic carbocycles. The average Bonchev–Trinajstić information content (AvgIpc) is 2.42. The second-order valence-corrected chi connectivity index (χ2v) is 7.31. The van der Waals surface area contributed by atoms with E-state index in [9.17, 15) is 19.5 Å². The van der Waals surface area contributed by atoms with Gasteiger partial charge in [0, 0.05) is 0 Å². The number of hydrogen-bond donors (Lipinski definition) is 2. The fourth-order valence-corrected chi connectivity index (χ4v) is 5.05. The summed E-state index contributed by atoms with van der Waals surface area (Å²) in [5, 5.41) is 12.6. The monoisotopic (exact) mass is 325 g/mol. The molecule has 2 atom stereocenters. The van der Waals surface area contributed by atoms with Crippen LogP contribution in [0.15, 0.2) is 0 Å². The molecule has 4 aliphatic rings. The molecule has 4 fully saturated rings. The first-order valence-electron chi connectivity index (χ1n) is 8.20. The highest BCUT2D eigenvalue weighted by Crippen LogP contribution is 2.61. The Hall–Kier alpha value is -1.63. The number of ether oxygens (including phenoxy) is 2. The number of hydrogen-bond acceptors (Lipinski definition) is 6. The van der Waals surface area contributed by atoms with Crippen molar-refractivity contribution in [1.29, 1.82) is 0 Å². The van der Waals surface area contributed by atoms with Crippen molar-refractivity contribution in [3.63, 3.8) is 0 Å². The van der Waals surface area contributed by atoms with Crippen LogP contribution in [0, 0.1) is 17.3 Å². The van der Waals surface area contributed by atoms with Gasteiger partial charge >= 0.3 is 12.1 Å². The highest BCUT2D eigenvalue weighted by atomic mass is 16.6. The molecular weight excluding hydrogens is 302 g/mol. The summed E-state index contributed by atoms with van der Waals surface area (Å²) in [6.45, 7) is 1.28. The molecule has 23 heavy (non-hydrogen) atoms. The van der Waals surface area contributed by atoms with Crippen LogP contribution in [-0.4, -0.2) is 41.9 Å². The van der Waals surface area contributed by atoms with Gasteiger partial charge in [0.25, 0.3) is 5.91 Å². The lowest BCUT2D eigenvalue weighted by molar-refractivity contribution is -0.196. The van der Waals surface area contributed by atoms with Crippen molar-refractivity contribution in [1.82, 2.24) is 5.32 Å². The van der Waals surface area contributed by atoms with Gasteiger partial charge in [0.05, 0.1) is 17.6 Å². The number of carbonyl (C=O) groups excluding carboxylic acids is 3. The molecule has 0 spiro atoms. The Balaban J connectivity index is 1.56. The summed E-state index contributed by atoms with van der Waals surface area (Å²) in [5.74, 6) is -0.409. The summed E-state index contributed by atoms with van der Waals surface area (Å²) in [4.78, 5) is 35.2. The van der Waals surface area contributed by atoms with E-state index in [1.807, 2.05) is 5.32 Å². The highest BCUT2D eigenvalue weighted by molar-refractivity contribution is 5.93. The van der Waals surface area contributed by atoms with Crippen molar-refractivity contribution < 1.29 is 29.0 Å². The third kappa shape index (κ3) is 3.20. The molecular formula is C16H23NO6. The van der Waals surface area contributed by atoms with Crippen LogP contribution in [0.1, 0.15) is 45.4 Å². The van der Waals surface area contributed by atoms with E-state index in [-0.39, 0.29) is 6.61 Å². The summed E-state index contributed by atoms with van der Waals surface area (Å²) in [7, 11) is 0. The Morgan fingerprint density at radius 3 is 2.35 bits per heavy atom. The lowest BCUT2D eigenvalue weighted by atomic mass is 9.48. The summed E-state index contributed by atoms with van der Waals surface area (Å²) >= 11 is 0. The van der Waals surface area contributed by atoms with E-state index in [4.69, 9.17) is 4.74 Å². The van der Waals surface area contributed by atoms with Crippen LogP contribution in [0.4, 0.5) is 4.79 Å². The van der Waals surface area contributed by atoms with Gasteiger partial charge in [-0.3, -0.25) is 14.9 Å². The molecule has 2 N–H and O–H groups in total. The Morgan fingerprint density at radius 1 is 1.13 bits per heavy atom. The van der Waals surface area contributed by atoms with Gasteiger partial charge in [-0.15, -0.1) is 0 Å². The van der Waals surface area contributed by atoms with Crippen molar-refractivity contribution in [2.45, 2.75) is 51.0 Å². The molecule has 7 nitrogen and oxygen atoms in total. The number of alkyl carbamates (subject to hydrolysis) is 1. The van der Waals surface area contributed by atoms with E-state index >= 15 is 0 Å². The minimum absolute atomic E-state index is 0.156. The Bertz CT molecular complexity index is 517. The first kappa shape index (κ1) is 16.2. The summed E-state index contributed by atoms with van der Waals surface area (Å²) < 4.78 is 9.73. The van der Waals surface area contributed by atoms with Gasteiger partial charge in [0.1, 0.15) is 0 Å². The van der Waals surface area contributed by atoms with E-state index in [0.29, 0.717) is 18.3 Å². The molecule has 2 amide bonds. The molecule has 4 aliphatic carbocycles. The maximum absolute atomic E-state index is 12.5. The van der Waals surface area contributed by atoms with Crippen molar-refractivity contribution >= 4 is 18.0 Å². The predicted molar refractivity (Wildman–Crippen MR) is 78.2 cm³/mol. The second-order valence-electron chi connectivity index (χ2n) is 7.31. The molecule has 0 aromatic heterocycles. The number of imide groups is 1. The third-order valence-electron chi connectivity index (χ3n) is 5.31. The van der Waals surface area contributed by atoms with Crippen LogP contribution in [0.5, 0.6) is 0 Å². The molecule has 0 heterocycles. The zero-order valence-electron chi connectivity index (χ0n) is 13.3. The van der Waals surface area contributed by atoms with Crippen molar-refractivity contribution in [2.75, 3.05) is 13.2 Å².